The van der Waals surface area contributed by atoms with Gasteiger partial charge in [0.25, 0.3) is 0 Å². The summed E-state index contributed by atoms with van der Waals surface area (Å²) in [5.74, 6) is 0.838. The van der Waals surface area contributed by atoms with E-state index in [1.165, 1.54) is 5.56 Å². The number of para-hydroxylation sites is 2. The van der Waals surface area contributed by atoms with Crippen molar-refractivity contribution in [2.45, 2.75) is 39.2 Å². The molecule has 1 atom stereocenters. The van der Waals surface area contributed by atoms with E-state index in [0.29, 0.717) is 18.9 Å². The Kier molecular flexibility index (Phi) is 6.69. The predicted octanol–water partition coefficient (Wildman–Crippen LogP) is 3.58. The SMILES string of the molecule is CC(C)C[C@@H](NC(=O)CCOc1ccccc1)C(=O)N1CCc2ccccc21. The normalized spacial score (nSPS) is 13.9. The fourth-order valence-electron chi connectivity index (χ4n) is 3.49. The fourth-order valence-corrected chi connectivity index (χ4v) is 3.49. The summed E-state index contributed by atoms with van der Waals surface area (Å²) in [6.45, 7) is 5.07. The lowest BCUT2D eigenvalue weighted by molar-refractivity contribution is -0.128. The van der Waals surface area contributed by atoms with Gasteiger partial charge >= 0.3 is 0 Å². The summed E-state index contributed by atoms with van der Waals surface area (Å²) in [6.07, 6.45) is 1.69. The number of amides is 2. The zero-order valence-electron chi connectivity index (χ0n) is 16.6. The molecule has 1 heterocycles. The molecule has 1 aliphatic rings. The quantitative estimate of drug-likeness (QED) is 0.762. The number of carbonyl (C=O) groups excluding carboxylic acids is 2. The molecule has 2 aromatic carbocycles. The molecule has 0 bridgehead atoms. The minimum atomic E-state index is -0.518. The topological polar surface area (TPSA) is 58.6 Å². The molecule has 3 rings (SSSR count). The standard InChI is InChI=1S/C23H28N2O3/c1-17(2)16-20(23(27)25-14-12-18-8-6-7-11-21(18)25)24-22(26)13-15-28-19-9-4-3-5-10-19/h3-11,17,20H,12-16H2,1-2H3,(H,24,26)/t20-/m1/s1. The van der Waals surface area contributed by atoms with Gasteiger partial charge in [-0.25, -0.2) is 0 Å². The highest BCUT2D eigenvalue weighted by Crippen LogP contribution is 2.28. The third-order valence-electron chi connectivity index (χ3n) is 4.83. The third kappa shape index (κ3) is 5.12. The molecule has 0 unspecified atom stereocenters. The van der Waals surface area contributed by atoms with Gasteiger partial charge in [0.05, 0.1) is 13.0 Å². The average molecular weight is 380 g/mol. The van der Waals surface area contributed by atoms with E-state index in [4.69, 9.17) is 4.74 Å². The van der Waals surface area contributed by atoms with Crippen molar-refractivity contribution in [3.63, 3.8) is 0 Å². The van der Waals surface area contributed by atoms with Gasteiger partial charge in [-0.2, -0.15) is 0 Å². The molecule has 148 valence electrons. The number of ether oxygens (including phenoxy) is 1. The molecule has 0 spiro atoms. The number of hydrogen-bond donors (Lipinski definition) is 1. The molecule has 0 aliphatic carbocycles. The summed E-state index contributed by atoms with van der Waals surface area (Å²) in [4.78, 5) is 27.4. The van der Waals surface area contributed by atoms with Crippen LogP contribution in [0.4, 0.5) is 5.69 Å². The molecule has 1 aliphatic heterocycles. The lowest BCUT2D eigenvalue weighted by Crippen LogP contribution is -2.49. The van der Waals surface area contributed by atoms with Crippen LogP contribution >= 0.6 is 0 Å². The van der Waals surface area contributed by atoms with Crippen molar-refractivity contribution in [1.82, 2.24) is 5.32 Å². The molecule has 28 heavy (non-hydrogen) atoms. The average Bonchev–Trinajstić information content (AvgIpc) is 3.11. The van der Waals surface area contributed by atoms with Crippen molar-refractivity contribution in [3.8, 4) is 5.75 Å². The summed E-state index contributed by atoms with van der Waals surface area (Å²) in [7, 11) is 0. The van der Waals surface area contributed by atoms with Gasteiger partial charge in [-0.15, -0.1) is 0 Å². The highest BCUT2D eigenvalue weighted by atomic mass is 16.5. The monoisotopic (exact) mass is 380 g/mol. The molecule has 0 fully saturated rings. The summed E-state index contributed by atoms with van der Waals surface area (Å²) < 4.78 is 5.59. The van der Waals surface area contributed by atoms with E-state index in [2.05, 4.69) is 25.2 Å². The van der Waals surface area contributed by atoms with E-state index < -0.39 is 6.04 Å². The van der Waals surface area contributed by atoms with Gasteiger partial charge in [-0.3, -0.25) is 9.59 Å². The van der Waals surface area contributed by atoms with Gasteiger partial charge in [-0.1, -0.05) is 50.2 Å². The molecule has 0 saturated carbocycles. The van der Waals surface area contributed by atoms with Crippen LogP contribution in [0.25, 0.3) is 0 Å². The Morgan fingerprint density at radius 1 is 1.07 bits per heavy atom. The number of rotatable bonds is 8. The van der Waals surface area contributed by atoms with Crippen LogP contribution in [0.1, 0.15) is 32.3 Å². The summed E-state index contributed by atoms with van der Waals surface area (Å²) in [6, 6.07) is 16.9. The Morgan fingerprint density at radius 2 is 1.79 bits per heavy atom. The first kappa shape index (κ1) is 19.9. The maximum Gasteiger partial charge on any atom is 0.249 e. The van der Waals surface area contributed by atoms with Crippen molar-refractivity contribution in [1.29, 1.82) is 0 Å². The molecule has 0 saturated heterocycles. The maximum atomic E-state index is 13.2. The Balaban J connectivity index is 1.59. The zero-order valence-corrected chi connectivity index (χ0v) is 16.6. The molecule has 5 nitrogen and oxygen atoms in total. The van der Waals surface area contributed by atoms with Gasteiger partial charge in [0.2, 0.25) is 11.8 Å². The van der Waals surface area contributed by atoms with Gasteiger partial charge < -0.3 is 15.0 Å². The lowest BCUT2D eigenvalue weighted by atomic mass is 10.0. The second-order valence-electron chi connectivity index (χ2n) is 7.53. The number of fused-ring (bicyclic) bond motifs is 1. The predicted molar refractivity (Wildman–Crippen MR) is 110 cm³/mol. The van der Waals surface area contributed by atoms with Crippen molar-refractivity contribution < 1.29 is 14.3 Å². The van der Waals surface area contributed by atoms with Crippen LogP contribution in [0.5, 0.6) is 5.75 Å². The Morgan fingerprint density at radius 3 is 2.54 bits per heavy atom. The lowest BCUT2D eigenvalue weighted by Gasteiger charge is -2.26. The fraction of sp³-hybridized carbons (Fsp3) is 0.391. The number of carbonyl (C=O) groups is 2. The molecule has 2 amide bonds. The van der Waals surface area contributed by atoms with Crippen molar-refractivity contribution >= 4 is 17.5 Å². The molecule has 2 aromatic rings. The summed E-state index contributed by atoms with van der Waals surface area (Å²) in [5, 5.41) is 2.93. The number of anilines is 1. The van der Waals surface area contributed by atoms with Crippen LogP contribution in [0.15, 0.2) is 54.6 Å². The molecule has 0 aromatic heterocycles. The van der Waals surface area contributed by atoms with Crippen LogP contribution in [0, 0.1) is 5.92 Å². The van der Waals surface area contributed by atoms with E-state index in [0.717, 1.165) is 17.9 Å². The summed E-state index contributed by atoms with van der Waals surface area (Å²) >= 11 is 0. The molecule has 1 N–H and O–H groups in total. The van der Waals surface area contributed by atoms with Gasteiger partial charge in [0.1, 0.15) is 11.8 Å². The number of hydrogen-bond acceptors (Lipinski definition) is 3. The molecular weight excluding hydrogens is 352 g/mol. The van der Waals surface area contributed by atoms with E-state index in [1.54, 1.807) is 0 Å². The Labute approximate surface area is 166 Å². The smallest absolute Gasteiger partial charge is 0.249 e. The van der Waals surface area contributed by atoms with Crippen LogP contribution in [-0.2, 0) is 16.0 Å². The molecule has 0 radical (unpaired) electrons. The van der Waals surface area contributed by atoms with Gasteiger partial charge in [-0.05, 0) is 42.5 Å². The van der Waals surface area contributed by atoms with Crippen molar-refractivity contribution in [2.24, 2.45) is 5.92 Å². The largest absolute Gasteiger partial charge is 0.493 e. The van der Waals surface area contributed by atoms with Gasteiger partial charge in [0.15, 0.2) is 0 Å². The first-order valence-corrected chi connectivity index (χ1v) is 9.91. The van der Waals surface area contributed by atoms with Crippen molar-refractivity contribution in [3.05, 3.63) is 60.2 Å². The van der Waals surface area contributed by atoms with Crippen LogP contribution in [-0.4, -0.2) is 31.0 Å². The Bertz CT molecular complexity index is 805. The zero-order chi connectivity index (χ0) is 19.9. The van der Waals surface area contributed by atoms with Crippen LogP contribution in [0.2, 0.25) is 0 Å². The van der Waals surface area contributed by atoms with Gasteiger partial charge in [0, 0.05) is 12.2 Å². The maximum absolute atomic E-state index is 13.2. The second kappa shape index (κ2) is 9.40. The van der Waals surface area contributed by atoms with Crippen molar-refractivity contribution in [2.75, 3.05) is 18.1 Å². The van der Waals surface area contributed by atoms with Crippen LogP contribution < -0.4 is 15.0 Å². The van der Waals surface area contributed by atoms with Crippen LogP contribution in [0.3, 0.4) is 0 Å². The van der Waals surface area contributed by atoms with E-state index in [1.807, 2.05) is 53.4 Å². The number of nitrogens with zero attached hydrogens (tertiary/aromatic N) is 1. The minimum absolute atomic E-state index is 0.0315. The second-order valence-corrected chi connectivity index (χ2v) is 7.53. The number of nitrogens with one attached hydrogen (secondary N) is 1. The first-order chi connectivity index (χ1) is 13.5. The highest BCUT2D eigenvalue weighted by molar-refractivity contribution is 6.00. The van der Waals surface area contributed by atoms with E-state index in [9.17, 15) is 9.59 Å². The minimum Gasteiger partial charge on any atom is -0.493 e. The number of benzene rings is 2. The third-order valence-corrected chi connectivity index (χ3v) is 4.83. The summed E-state index contributed by atoms with van der Waals surface area (Å²) in [5.41, 5.74) is 2.14. The highest BCUT2D eigenvalue weighted by Gasteiger charge is 2.31. The Hall–Kier alpha value is -2.82. The molecule has 5 heteroatoms. The van der Waals surface area contributed by atoms with E-state index >= 15 is 0 Å². The van der Waals surface area contributed by atoms with E-state index in [-0.39, 0.29) is 24.8 Å². The molecular formula is C23H28N2O3. The first-order valence-electron chi connectivity index (χ1n) is 9.91.